The van der Waals surface area contributed by atoms with Crippen LogP contribution in [0.2, 0.25) is 0 Å². The third kappa shape index (κ3) is 8.54. The third-order valence-corrected chi connectivity index (χ3v) is 2.04. The zero-order valence-corrected chi connectivity index (χ0v) is 10.4. The van der Waals surface area contributed by atoms with E-state index < -0.39 is 11.9 Å². The van der Waals surface area contributed by atoms with Gasteiger partial charge in [-0.1, -0.05) is 12.8 Å². The Kier molecular flexibility index (Phi) is 9.98. The summed E-state index contributed by atoms with van der Waals surface area (Å²) in [5.74, 6) is -4.37. The maximum absolute atomic E-state index is 8.93. The summed E-state index contributed by atoms with van der Waals surface area (Å²) in [6.07, 6.45) is 4.80. The summed E-state index contributed by atoms with van der Waals surface area (Å²) in [6, 6.07) is 0.562. The number of rotatable bonds is 0. The molecule has 7 heteroatoms. The van der Waals surface area contributed by atoms with Crippen molar-refractivity contribution in [1.82, 2.24) is 0 Å². The molecule has 2 atom stereocenters. The second kappa shape index (κ2) is 8.82. The van der Waals surface area contributed by atoms with Crippen molar-refractivity contribution in [2.45, 2.75) is 37.8 Å². The van der Waals surface area contributed by atoms with Crippen molar-refractivity contribution in [3.63, 3.8) is 0 Å². The SMILES string of the molecule is N[C@@H]1CCCC[14C@H]1N.O=C([O-])C(=O)[O-].[Pt+2]. The van der Waals surface area contributed by atoms with E-state index in [9.17, 15) is 0 Å². The molecule has 0 aromatic heterocycles. The molecule has 0 bridgehead atoms. The normalized spacial score (nSPS) is 24.1. The molecule has 0 heterocycles. The Balaban J connectivity index is 0. The van der Waals surface area contributed by atoms with Gasteiger partial charge in [0.1, 0.15) is 0 Å². The maximum Gasteiger partial charge on any atom is 2.00 e. The fourth-order valence-electron chi connectivity index (χ4n) is 1.19. The molecule has 1 fully saturated rings. The van der Waals surface area contributed by atoms with Gasteiger partial charge in [-0.3, -0.25) is 0 Å². The summed E-state index contributed by atoms with van der Waals surface area (Å²) < 4.78 is 0. The summed E-state index contributed by atoms with van der Waals surface area (Å²) in [5.41, 5.74) is 11.3. The van der Waals surface area contributed by atoms with Gasteiger partial charge in [-0.05, 0) is 12.8 Å². The van der Waals surface area contributed by atoms with Crippen LogP contribution in [0.15, 0.2) is 0 Å². The fraction of sp³-hybridized carbons (Fsp3) is 0.750. The Labute approximate surface area is 102 Å². The minimum atomic E-state index is -2.19. The van der Waals surface area contributed by atoms with E-state index in [-0.39, 0.29) is 33.1 Å². The second-order valence-corrected chi connectivity index (χ2v) is 3.19. The van der Waals surface area contributed by atoms with Crippen molar-refractivity contribution >= 4 is 11.9 Å². The zero-order valence-electron chi connectivity index (χ0n) is 8.09. The Morgan fingerprint density at radius 2 is 1.67 bits per heavy atom. The molecule has 90 valence electrons. The minimum Gasteiger partial charge on any atom is -0.543 e. The van der Waals surface area contributed by atoms with Gasteiger partial charge in [-0.25, -0.2) is 0 Å². The van der Waals surface area contributed by atoms with Crippen molar-refractivity contribution in [1.29, 1.82) is 0 Å². The van der Waals surface area contributed by atoms with Crippen molar-refractivity contribution in [3.05, 3.63) is 0 Å². The quantitative estimate of drug-likeness (QED) is 0.410. The molecule has 0 amide bonds. The van der Waals surface area contributed by atoms with Gasteiger partial charge < -0.3 is 31.3 Å². The summed E-state index contributed by atoms with van der Waals surface area (Å²) >= 11 is 0. The van der Waals surface area contributed by atoms with Crippen LogP contribution in [0, 0.1) is 0 Å². The predicted octanol–water partition coefficient (Wildman–Crippen LogP) is -3.30. The van der Waals surface area contributed by atoms with E-state index in [0.29, 0.717) is 0 Å². The first-order valence-corrected chi connectivity index (χ1v) is 4.38. The Bertz CT molecular complexity index is 191. The van der Waals surface area contributed by atoms with Crippen LogP contribution in [0.3, 0.4) is 0 Å². The molecule has 4 N–H and O–H groups in total. The van der Waals surface area contributed by atoms with Crippen molar-refractivity contribution in [2.24, 2.45) is 11.5 Å². The Morgan fingerprint density at radius 1 is 1.20 bits per heavy atom. The van der Waals surface area contributed by atoms with Crippen LogP contribution in [0.5, 0.6) is 0 Å². The van der Waals surface area contributed by atoms with Gasteiger partial charge in [0, 0.05) is 12.1 Å². The maximum atomic E-state index is 8.93. The van der Waals surface area contributed by atoms with Crippen LogP contribution < -0.4 is 21.7 Å². The second-order valence-electron chi connectivity index (χ2n) is 3.19. The van der Waals surface area contributed by atoms with E-state index >= 15 is 0 Å². The molecule has 1 saturated carbocycles. The van der Waals surface area contributed by atoms with E-state index in [1.54, 1.807) is 0 Å². The molecule has 1 aliphatic rings. The van der Waals surface area contributed by atoms with E-state index in [1.807, 2.05) is 0 Å². The number of aliphatic carboxylic acids is 2. The standard InChI is InChI=1S/C6H14N2.C2H2O4.Pt/c7-5-3-1-2-4-6(5)8;3-1(4)2(5)6;/h5-6H,1-4,7-8H2;(H,3,4)(H,5,6);/q;;+2/p-2/t5-,6-;;/m1../s1/i5+2;;. The molecule has 15 heavy (non-hydrogen) atoms. The van der Waals surface area contributed by atoms with Crippen molar-refractivity contribution < 1.29 is 40.9 Å². The van der Waals surface area contributed by atoms with Gasteiger partial charge in [-0.2, -0.15) is 0 Å². The molecule has 0 aromatic rings. The summed E-state index contributed by atoms with van der Waals surface area (Å²) in [6.45, 7) is 0. The largest absolute Gasteiger partial charge is 2.00 e. The first kappa shape index (κ1) is 17.0. The van der Waals surface area contributed by atoms with E-state index in [0.717, 1.165) is 12.8 Å². The molecule has 0 unspecified atom stereocenters. The number of carbonyl (C=O) groups is 2. The van der Waals surface area contributed by atoms with E-state index in [2.05, 4.69) is 0 Å². The first-order chi connectivity index (χ1) is 6.45. The molecular weight excluding hydrogens is 385 g/mol. The van der Waals surface area contributed by atoms with Crippen molar-refractivity contribution in [2.75, 3.05) is 0 Å². The summed E-state index contributed by atoms with van der Waals surface area (Å²) in [5, 5.41) is 17.9. The number of carboxylic acid groups (broad SMARTS) is 2. The van der Waals surface area contributed by atoms with E-state index in [4.69, 9.17) is 31.3 Å². The van der Waals surface area contributed by atoms with Crippen LogP contribution in [0.1, 0.15) is 25.7 Å². The molecule has 6 nitrogen and oxygen atoms in total. The van der Waals surface area contributed by atoms with Gasteiger partial charge in [0.15, 0.2) is 0 Å². The average Bonchev–Trinajstić information content (AvgIpc) is 2.11. The zero-order chi connectivity index (χ0) is 11.1. The monoisotopic (exact) mass is 399 g/mol. The summed E-state index contributed by atoms with van der Waals surface area (Å²) in [7, 11) is 0. The number of hydrogen-bond acceptors (Lipinski definition) is 6. The van der Waals surface area contributed by atoms with E-state index in [1.165, 1.54) is 12.8 Å². The molecule has 0 aliphatic heterocycles. The fourth-order valence-corrected chi connectivity index (χ4v) is 1.19. The number of carbonyl (C=O) groups excluding carboxylic acids is 2. The molecule has 0 saturated heterocycles. The molecule has 0 aromatic carbocycles. The summed E-state index contributed by atoms with van der Waals surface area (Å²) in [4.78, 5) is 17.9. The molecular formula is C8H14N2O4Pt. The van der Waals surface area contributed by atoms with Crippen molar-refractivity contribution in [3.8, 4) is 0 Å². The van der Waals surface area contributed by atoms with Gasteiger partial charge in [0.05, 0.1) is 11.9 Å². The predicted molar refractivity (Wildman–Crippen MR) is 44.4 cm³/mol. The molecule has 1 rings (SSSR count). The number of carboxylic acids is 2. The first-order valence-electron chi connectivity index (χ1n) is 4.38. The molecule has 0 radical (unpaired) electrons. The van der Waals surface area contributed by atoms with Gasteiger partial charge in [0.2, 0.25) is 0 Å². The van der Waals surface area contributed by atoms with Crippen LogP contribution >= 0.6 is 0 Å². The van der Waals surface area contributed by atoms with Crippen LogP contribution in [-0.2, 0) is 30.7 Å². The van der Waals surface area contributed by atoms with Crippen LogP contribution in [0.25, 0.3) is 0 Å². The van der Waals surface area contributed by atoms with Crippen LogP contribution in [0.4, 0.5) is 0 Å². The Morgan fingerprint density at radius 3 is 1.87 bits per heavy atom. The number of hydrogen-bond donors (Lipinski definition) is 2. The average molecular weight is 399 g/mol. The molecule has 1 aliphatic carbocycles. The third-order valence-electron chi connectivity index (χ3n) is 2.04. The topological polar surface area (TPSA) is 132 Å². The van der Waals surface area contributed by atoms with Crippen LogP contribution in [-0.4, -0.2) is 24.0 Å². The van der Waals surface area contributed by atoms with Gasteiger partial charge in [0.25, 0.3) is 0 Å². The van der Waals surface area contributed by atoms with Gasteiger partial charge in [-0.15, -0.1) is 0 Å². The smallest absolute Gasteiger partial charge is 0.543 e. The molecule has 0 spiro atoms. The number of nitrogens with two attached hydrogens (primary N) is 2. The minimum absolute atomic E-state index is 0. The Hall–Kier alpha value is -0.452. The van der Waals surface area contributed by atoms with Gasteiger partial charge >= 0.3 is 21.1 Å².